The van der Waals surface area contributed by atoms with E-state index in [2.05, 4.69) is 94.0 Å². The lowest BCUT2D eigenvalue weighted by atomic mass is 9.98. The molecule has 4 aromatic carbocycles. The maximum Gasteiger partial charge on any atom is 0.134 e. The second-order valence-electron chi connectivity index (χ2n) is 7.61. The minimum atomic E-state index is 0.0160. The molecule has 1 aliphatic rings. The zero-order valence-corrected chi connectivity index (χ0v) is 19.4. The van der Waals surface area contributed by atoms with Crippen LogP contribution in [-0.2, 0) is 0 Å². The molecule has 5 aromatic rings. The van der Waals surface area contributed by atoms with Crippen LogP contribution in [0.5, 0.6) is 0 Å². The molecule has 0 saturated heterocycles. The predicted octanol–water partition coefficient (Wildman–Crippen LogP) is 8.24. The van der Waals surface area contributed by atoms with E-state index in [0.717, 1.165) is 21.6 Å². The molecule has 6 rings (SSSR count). The average Bonchev–Trinajstić information content (AvgIpc) is 3.16. The van der Waals surface area contributed by atoms with Crippen LogP contribution in [0.4, 0.5) is 5.69 Å². The molecule has 0 spiro atoms. The third-order valence-electron chi connectivity index (χ3n) is 5.61. The Labute approximate surface area is 197 Å². The van der Waals surface area contributed by atoms with Crippen molar-refractivity contribution in [3.8, 4) is 0 Å². The van der Waals surface area contributed by atoms with Crippen molar-refractivity contribution in [1.29, 1.82) is 0 Å². The maximum atomic E-state index is 6.35. The van der Waals surface area contributed by atoms with Crippen molar-refractivity contribution in [2.24, 2.45) is 4.99 Å². The summed E-state index contributed by atoms with van der Waals surface area (Å²) in [7, 11) is 0. The van der Waals surface area contributed by atoms with Crippen LogP contribution < -0.4 is 5.32 Å². The van der Waals surface area contributed by atoms with Crippen molar-refractivity contribution in [3.05, 3.63) is 110 Å². The highest BCUT2D eigenvalue weighted by Gasteiger charge is 2.28. The molecule has 1 atom stereocenters. The monoisotopic (exact) mass is 502 g/mol. The van der Waals surface area contributed by atoms with E-state index in [1.165, 1.54) is 31.3 Å². The van der Waals surface area contributed by atoms with Gasteiger partial charge in [0.05, 0.1) is 16.6 Å². The molecule has 0 amide bonds. The Morgan fingerprint density at radius 3 is 2.55 bits per heavy atom. The number of nitrogens with one attached hydrogen (secondary N) is 1. The van der Waals surface area contributed by atoms with Gasteiger partial charge in [0.1, 0.15) is 5.84 Å². The van der Waals surface area contributed by atoms with Gasteiger partial charge >= 0.3 is 0 Å². The molecule has 0 fully saturated rings. The Morgan fingerprint density at radius 2 is 1.68 bits per heavy atom. The number of hydrogen-bond donors (Lipinski definition) is 1. The zero-order valence-electron chi connectivity index (χ0n) is 16.3. The van der Waals surface area contributed by atoms with Gasteiger partial charge in [-0.25, -0.2) is 4.99 Å². The van der Waals surface area contributed by atoms with Gasteiger partial charge < -0.3 is 5.32 Å². The van der Waals surface area contributed by atoms with E-state index in [1.54, 1.807) is 11.3 Å². The van der Waals surface area contributed by atoms with Crippen molar-refractivity contribution in [3.63, 3.8) is 0 Å². The summed E-state index contributed by atoms with van der Waals surface area (Å²) in [5.74, 6) is 0.831. The Bertz CT molecular complexity index is 1480. The van der Waals surface area contributed by atoms with Crippen LogP contribution in [0.3, 0.4) is 0 Å². The Kier molecular flexibility index (Phi) is 4.60. The number of amidine groups is 1. The summed E-state index contributed by atoms with van der Waals surface area (Å²) in [6.07, 6.45) is 0. The van der Waals surface area contributed by atoms with Crippen LogP contribution in [-0.4, -0.2) is 5.84 Å². The minimum Gasteiger partial charge on any atom is -0.358 e. The predicted molar refractivity (Wildman–Crippen MR) is 136 cm³/mol. The van der Waals surface area contributed by atoms with Gasteiger partial charge in [-0.05, 0) is 46.7 Å². The van der Waals surface area contributed by atoms with Gasteiger partial charge in [-0.1, -0.05) is 82.1 Å². The standard InChI is InChI=1S/C26H16BrClN2S/c27-19-12-18(13-20(28)14-19)26-29-23(17-10-9-15-5-1-2-6-16(15)11-17)25-24(30-26)21-7-3-4-8-22(21)31-25/h1-14,23H,(H,29,30). The summed E-state index contributed by atoms with van der Waals surface area (Å²) in [6, 6.07) is 29.6. The summed E-state index contributed by atoms with van der Waals surface area (Å²) >= 11 is 11.7. The van der Waals surface area contributed by atoms with Gasteiger partial charge in [-0.3, -0.25) is 0 Å². The third-order valence-corrected chi connectivity index (χ3v) is 7.51. The van der Waals surface area contributed by atoms with Crippen LogP contribution >= 0.6 is 38.9 Å². The van der Waals surface area contributed by atoms with E-state index < -0.39 is 0 Å². The van der Waals surface area contributed by atoms with Gasteiger partial charge in [0.15, 0.2) is 0 Å². The summed E-state index contributed by atoms with van der Waals surface area (Å²) in [5.41, 5.74) is 3.23. The molecule has 150 valence electrons. The molecule has 0 saturated carbocycles. The minimum absolute atomic E-state index is 0.0160. The zero-order chi connectivity index (χ0) is 20.9. The molecule has 1 aromatic heterocycles. The Morgan fingerprint density at radius 1 is 0.871 bits per heavy atom. The van der Waals surface area contributed by atoms with Crippen molar-refractivity contribution in [1.82, 2.24) is 5.32 Å². The highest BCUT2D eigenvalue weighted by molar-refractivity contribution is 9.10. The van der Waals surface area contributed by atoms with Crippen molar-refractivity contribution < 1.29 is 0 Å². The Hall–Kier alpha value is -2.66. The summed E-state index contributed by atoms with van der Waals surface area (Å²) in [6.45, 7) is 0. The molecular formula is C26H16BrClN2S. The molecule has 2 heterocycles. The van der Waals surface area contributed by atoms with E-state index in [9.17, 15) is 0 Å². The summed E-state index contributed by atoms with van der Waals surface area (Å²) in [5, 5.41) is 8.05. The first kappa shape index (κ1) is 19.1. The van der Waals surface area contributed by atoms with Crippen LogP contribution in [0.1, 0.15) is 22.0 Å². The summed E-state index contributed by atoms with van der Waals surface area (Å²) < 4.78 is 2.18. The molecule has 31 heavy (non-hydrogen) atoms. The lowest BCUT2D eigenvalue weighted by Gasteiger charge is -2.26. The number of fused-ring (bicyclic) bond motifs is 4. The van der Waals surface area contributed by atoms with Gasteiger partial charge in [-0.15, -0.1) is 11.3 Å². The van der Waals surface area contributed by atoms with E-state index in [1.807, 2.05) is 12.1 Å². The fourth-order valence-corrected chi connectivity index (χ4v) is 6.25. The number of aliphatic imine (C=N–C) groups is 1. The second kappa shape index (κ2) is 7.49. The smallest absolute Gasteiger partial charge is 0.134 e. The molecule has 2 nitrogen and oxygen atoms in total. The van der Waals surface area contributed by atoms with Gasteiger partial charge in [-0.2, -0.15) is 0 Å². The molecule has 0 radical (unpaired) electrons. The van der Waals surface area contributed by atoms with Gasteiger partial charge in [0, 0.05) is 25.1 Å². The molecule has 0 aliphatic carbocycles. The Balaban J connectivity index is 1.57. The van der Waals surface area contributed by atoms with Gasteiger partial charge in [0.25, 0.3) is 0 Å². The molecule has 1 N–H and O–H groups in total. The third kappa shape index (κ3) is 3.35. The van der Waals surface area contributed by atoms with E-state index >= 15 is 0 Å². The first-order valence-electron chi connectivity index (χ1n) is 9.97. The van der Waals surface area contributed by atoms with Crippen LogP contribution in [0.2, 0.25) is 5.02 Å². The molecular weight excluding hydrogens is 488 g/mol. The van der Waals surface area contributed by atoms with Crippen LogP contribution in [0, 0.1) is 0 Å². The fraction of sp³-hybridized carbons (Fsp3) is 0.0385. The van der Waals surface area contributed by atoms with Crippen molar-refractivity contribution in [2.75, 3.05) is 0 Å². The number of benzene rings is 4. The second-order valence-corrected chi connectivity index (χ2v) is 10.0. The highest BCUT2D eigenvalue weighted by atomic mass is 79.9. The van der Waals surface area contributed by atoms with Crippen LogP contribution in [0.25, 0.3) is 20.9 Å². The van der Waals surface area contributed by atoms with Crippen molar-refractivity contribution in [2.45, 2.75) is 6.04 Å². The average molecular weight is 504 g/mol. The first-order chi connectivity index (χ1) is 15.2. The largest absolute Gasteiger partial charge is 0.358 e. The number of rotatable bonds is 2. The first-order valence-corrected chi connectivity index (χ1v) is 12.0. The number of halogens is 2. The molecule has 0 bridgehead atoms. The van der Waals surface area contributed by atoms with E-state index in [0.29, 0.717) is 5.02 Å². The number of hydrogen-bond acceptors (Lipinski definition) is 3. The molecule has 5 heteroatoms. The van der Waals surface area contributed by atoms with Crippen LogP contribution in [0.15, 0.2) is 94.4 Å². The number of nitrogens with zero attached hydrogens (tertiary/aromatic N) is 1. The normalized spacial score (nSPS) is 15.5. The number of thiophene rings is 1. The maximum absolute atomic E-state index is 6.35. The van der Waals surface area contributed by atoms with E-state index in [-0.39, 0.29) is 6.04 Å². The topological polar surface area (TPSA) is 24.4 Å². The molecule has 1 unspecified atom stereocenters. The van der Waals surface area contributed by atoms with Crippen molar-refractivity contribution >= 4 is 71.2 Å². The summed E-state index contributed by atoms with van der Waals surface area (Å²) in [4.78, 5) is 6.30. The quantitative estimate of drug-likeness (QED) is 0.258. The SMILES string of the molecule is Clc1cc(Br)cc(C2=Nc3c(sc4ccccc34)C(c3ccc4ccccc4c3)N2)c1. The van der Waals surface area contributed by atoms with Gasteiger partial charge in [0.2, 0.25) is 0 Å². The lowest BCUT2D eigenvalue weighted by molar-refractivity contribution is 0.767. The fourth-order valence-electron chi connectivity index (χ4n) is 4.17. The lowest BCUT2D eigenvalue weighted by Crippen LogP contribution is -2.32. The van der Waals surface area contributed by atoms with E-state index in [4.69, 9.17) is 16.6 Å². The molecule has 1 aliphatic heterocycles. The highest BCUT2D eigenvalue weighted by Crippen LogP contribution is 2.46.